The number of hydrogen-bond donors (Lipinski definition) is 1. The molecule has 4 rings (SSSR count). The number of carbonyl (C=O) groups is 2. The smallest absolute Gasteiger partial charge is 0.233 e. The van der Waals surface area contributed by atoms with E-state index in [1.54, 1.807) is 0 Å². The van der Waals surface area contributed by atoms with Gasteiger partial charge in [0.25, 0.3) is 0 Å². The largest absolute Gasteiger partial charge is 0.341 e. The Morgan fingerprint density at radius 1 is 1.07 bits per heavy atom. The van der Waals surface area contributed by atoms with E-state index in [9.17, 15) is 9.59 Å². The summed E-state index contributed by atoms with van der Waals surface area (Å²) in [7, 11) is 0. The highest BCUT2D eigenvalue weighted by molar-refractivity contribution is 9.10. The number of benzene rings is 2. The summed E-state index contributed by atoms with van der Waals surface area (Å²) in [5.74, 6) is -0.284. The van der Waals surface area contributed by atoms with Gasteiger partial charge in [-0.25, -0.2) is 0 Å². The maximum Gasteiger partial charge on any atom is 0.233 e. The molecule has 0 saturated heterocycles. The molecule has 3 aromatic rings. The Labute approximate surface area is 166 Å². The van der Waals surface area contributed by atoms with Crippen LogP contribution < -0.4 is 5.32 Å². The van der Waals surface area contributed by atoms with Crippen LogP contribution in [0.5, 0.6) is 0 Å². The molecule has 1 amide bonds. The van der Waals surface area contributed by atoms with Gasteiger partial charge in [0, 0.05) is 28.0 Å². The number of anilines is 1. The molecule has 0 radical (unpaired) electrons. The van der Waals surface area contributed by atoms with Crippen LogP contribution in [0.1, 0.15) is 39.6 Å². The number of fused-ring (bicyclic) bond motifs is 1. The second-order valence-corrected chi connectivity index (χ2v) is 7.70. The molecular formula is C22H19BrN2O2. The zero-order valence-corrected chi connectivity index (χ0v) is 16.5. The lowest BCUT2D eigenvalue weighted by molar-refractivity contribution is -0.117. The van der Waals surface area contributed by atoms with Crippen molar-refractivity contribution in [2.45, 2.75) is 25.8 Å². The first-order valence-electron chi connectivity index (χ1n) is 8.91. The number of amides is 1. The summed E-state index contributed by atoms with van der Waals surface area (Å²) in [5.41, 5.74) is 4.03. The highest BCUT2D eigenvalue weighted by atomic mass is 79.9. The molecule has 1 aromatic heterocycles. The third-order valence-corrected chi connectivity index (χ3v) is 5.54. The van der Waals surface area contributed by atoms with Gasteiger partial charge < -0.3 is 9.88 Å². The van der Waals surface area contributed by atoms with E-state index in [4.69, 9.17) is 0 Å². The molecule has 5 heteroatoms. The molecule has 0 saturated carbocycles. The summed E-state index contributed by atoms with van der Waals surface area (Å²) >= 11 is 3.44. The molecule has 1 aliphatic heterocycles. The van der Waals surface area contributed by atoms with Crippen LogP contribution in [0.3, 0.4) is 0 Å². The lowest BCUT2D eigenvalue weighted by Gasteiger charge is -2.13. The van der Waals surface area contributed by atoms with Gasteiger partial charge in [0.1, 0.15) is 0 Å². The molecule has 1 atom stereocenters. The fraction of sp³-hybridized carbons (Fsp3) is 0.182. The molecule has 1 aliphatic rings. The fourth-order valence-electron chi connectivity index (χ4n) is 3.63. The second kappa shape index (κ2) is 7.16. The van der Waals surface area contributed by atoms with Crippen molar-refractivity contribution in [3.63, 3.8) is 0 Å². The summed E-state index contributed by atoms with van der Waals surface area (Å²) in [6.45, 7) is 2.64. The van der Waals surface area contributed by atoms with Gasteiger partial charge in [0.2, 0.25) is 11.7 Å². The van der Waals surface area contributed by atoms with Gasteiger partial charge in [0.05, 0.1) is 11.6 Å². The topological polar surface area (TPSA) is 51.1 Å². The number of rotatable bonds is 4. The Kier molecular flexibility index (Phi) is 4.70. The van der Waals surface area contributed by atoms with Crippen LogP contribution in [-0.2, 0) is 11.3 Å². The lowest BCUT2D eigenvalue weighted by Crippen LogP contribution is -2.20. The number of nitrogens with one attached hydrogen (secondary N) is 1. The predicted molar refractivity (Wildman–Crippen MR) is 109 cm³/mol. The first-order chi connectivity index (χ1) is 13.0. The fourth-order valence-corrected chi connectivity index (χ4v) is 4.11. The van der Waals surface area contributed by atoms with Crippen LogP contribution in [0, 0.1) is 6.92 Å². The number of aryl methyl sites for hydroxylation is 1. The molecule has 1 unspecified atom stereocenters. The molecule has 2 heterocycles. The minimum atomic E-state index is -0.245. The van der Waals surface area contributed by atoms with Gasteiger partial charge in [-0.2, -0.15) is 0 Å². The van der Waals surface area contributed by atoms with E-state index in [1.165, 1.54) is 0 Å². The summed E-state index contributed by atoms with van der Waals surface area (Å²) in [6, 6.07) is 18.8. The summed E-state index contributed by atoms with van der Waals surface area (Å²) in [6.07, 6.45) is 0.701. The first-order valence-corrected chi connectivity index (χ1v) is 9.70. The number of hydrogen-bond acceptors (Lipinski definition) is 2. The van der Waals surface area contributed by atoms with Crippen molar-refractivity contribution in [1.82, 2.24) is 4.57 Å². The lowest BCUT2D eigenvalue weighted by atomic mass is 10.0. The number of halogens is 1. The van der Waals surface area contributed by atoms with Crippen LogP contribution in [-0.4, -0.2) is 16.3 Å². The van der Waals surface area contributed by atoms with Gasteiger partial charge in [-0.05, 0) is 49.2 Å². The monoisotopic (exact) mass is 422 g/mol. The normalized spacial score (nSPS) is 15.4. The first kappa shape index (κ1) is 17.7. The molecule has 27 heavy (non-hydrogen) atoms. The van der Waals surface area contributed by atoms with Crippen LogP contribution in [0.25, 0.3) is 0 Å². The Bertz CT molecular complexity index is 1020. The number of carbonyl (C=O) groups excluding carboxylic acids is 2. The summed E-state index contributed by atoms with van der Waals surface area (Å²) in [5, 5.41) is 3.03. The van der Waals surface area contributed by atoms with Gasteiger partial charge in [-0.3, -0.25) is 9.59 Å². The van der Waals surface area contributed by atoms with E-state index in [0.717, 1.165) is 21.4 Å². The highest BCUT2D eigenvalue weighted by Crippen LogP contribution is 2.33. The number of nitrogens with zero attached hydrogens (tertiary/aromatic N) is 1. The molecule has 136 valence electrons. The third kappa shape index (κ3) is 3.35. The molecule has 0 spiro atoms. The van der Waals surface area contributed by atoms with Gasteiger partial charge in [-0.15, -0.1) is 0 Å². The summed E-state index contributed by atoms with van der Waals surface area (Å²) < 4.78 is 2.96. The minimum absolute atomic E-state index is 0.00772. The van der Waals surface area contributed by atoms with E-state index in [0.29, 0.717) is 24.2 Å². The maximum absolute atomic E-state index is 12.8. The van der Waals surface area contributed by atoms with Crippen molar-refractivity contribution in [3.05, 3.63) is 87.7 Å². The highest BCUT2D eigenvalue weighted by Gasteiger charge is 2.32. The van der Waals surface area contributed by atoms with Gasteiger partial charge >= 0.3 is 0 Å². The zero-order chi connectivity index (χ0) is 19.0. The van der Waals surface area contributed by atoms with Crippen molar-refractivity contribution in [2.24, 2.45) is 0 Å². The predicted octanol–water partition coefficient (Wildman–Crippen LogP) is 4.92. The molecule has 1 N–H and O–H groups in total. The molecule has 2 aromatic carbocycles. The van der Waals surface area contributed by atoms with Crippen LogP contribution in [0.4, 0.5) is 5.69 Å². The quantitative estimate of drug-likeness (QED) is 0.606. The van der Waals surface area contributed by atoms with Crippen LogP contribution in [0.2, 0.25) is 0 Å². The average Bonchev–Trinajstić information content (AvgIpc) is 3.26. The van der Waals surface area contributed by atoms with Crippen molar-refractivity contribution in [1.29, 1.82) is 0 Å². The van der Waals surface area contributed by atoms with Crippen molar-refractivity contribution in [2.75, 3.05) is 5.32 Å². The van der Waals surface area contributed by atoms with E-state index in [1.807, 2.05) is 72.2 Å². The Balaban J connectivity index is 1.57. The molecule has 0 fully saturated rings. The van der Waals surface area contributed by atoms with E-state index < -0.39 is 0 Å². The molecule has 0 bridgehead atoms. The Morgan fingerprint density at radius 2 is 1.85 bits per heavy atom. The SMILES string of the molecule is Cc1cc(Br)ccc1NC(=O)C1CCn2c(C(=O)c3ccccc3)ccc21. The number of ketones is 1. The molecular weight excluding hydrogens is 404 g/mol. The van der Waals surface area contributed by atoms with Gasteiger partial charge in [-0.1, -0.05) is 46.3 Å². The van der Waals surface area contributed by atoms with E-state index in [2.05, 4.69) is 21.2 Å². The van der Waals surface area contributed by atoms with Crippen molar-refractivity contribution < 1.29 is 9.59 Å². The van der Waals surface area contributed by atoms with E-state index in [-0.39, 0.29) is 17.6 Å². The van der Waals surface area contributed by atoms with Crippen LogP contribution >= 0.6 is 15.9 Å². The minimum Gasteiger partial charge on any atom is -0.341 e. The molecule has 0 aliphatic carbocycles. The van der Waals surface area contributed by atoms with E-state index >= 15 is 0 Å². The van der Waals surface area contributed by atoms with Crippen molar-refractivity contribution in [3.8, 4) is 0 Å². The second-order valence-electron chi connectivity index (χ2n) is 6.78. The van der Waals surface area contributed by atoms with Crippen molar-refractivity contribution >= 4 is 33.3 Å². The average molecular weight is 423 g/mol. The Hall–Kier alpha value is -2.66. The molecule has 4 nitrogen and oxygen atoms in total. The van der Waals surface area contributed by atoms with Gasteiger partial charge in [0.15, 0.2) is 0 Å². The maximum atomic E-state index is 12.8. The Morgan fingerprint density at radius 3 is 2.59 bits per heavy atom. The summed E-state index contributed by atoms with van der Waals surface area (Å²) in [4.78, 5) is 25.6. The third-order valence-electron chi connectivity index (χ3n) is 5.04. The number of aromatic nitrogens is 1. The standard InChI is InChI=1S/C22H19BrN2O2/c1-14-13-16(23)7-8-18(14)24-22(27)17-11-12-25-19(17)9-10-20(25)21(26)15-5-3-2-4-6-15/h2-10,13,17H,11-12H2,1H3,(H,24,27). The van der Waals surface area contributed by atoms with Crippen LogP contribution in [0.15, 0.2) is 65.1 Å². The zero-order valence-electron chi connectivity index (χ0n) is 14.9.